The number of rotatable bonds is 14. The Balaban J connectivity index is -0.000000347. The third-order valence-electron chi connectivity index (χ3n) is 9.36. The van der Waals surface area contributed by atoms with Gasteiger partial charge in [0.25, 0.3) is 0 Å². The Morgan fingerprint density at radius 1 is 0.781 bits per heavy atom. The fourth-order valence-electron chi connectivity index (χ4n) is 5.38. The lowest BCUT2D eigenvalue weighted by atomic mass is 9.97. The van der Waals surface area contributed by atoms with Crippen LogP contribution in [0, 0.1) is 24.6 Å². The van der Waals surface area contributed by atoms with Crippen LogP contribution in [0.3, 0.4) is 0 Å². The van der Waals surface area contributed by atoms with Gasteiger partial charge in [0, 0.05) is 6.42 Å². The number of hydrogen-bond acceptors (Lipinski definition) is 0. The molecule has 64 heavy (non-hydrogen) atoms. The molecule has 0 saturated heterocycles. The summed E-state index contributed by atoms with van der Waals surface area (Å²) in [5, 5.41) is 2.67. The van der Waals surface area contributed by atoms with Crippen molar-refractivity contribution in [1.82, 2.24) is 0 Å². The number of benzene rings is 3. The third-order valence-corrected chi connectivity index (χ3v) is 9.36. The SMILES string of the molecule is C=C(C)/C(C)=C(/C)c1ccc(F)c(C)c1.C=C(C)/C=C\C=C(/C)CC.CC.CC=CC(C)CCC.CCC.CCC(/C=C\CC(C)(F)F)=C/C(C)C.CCc1ccc2ccccc2c1. The standard InChI is InChI=1S/C14H17F.C12H20F2.C12H12.C10H16.C8H16.C3H8.C2H6/c1-9(2)11(4)12(5)13-6-7-14(15)10(3)8-13;1-5-11(9-10(2)3)7-6-8-12(4,13)14;1-2-10-7-8-11-5-3-4-6-12(11)9-10;1-5-10(4)8-6-7-9(2)3;1-4-6-8(3)7-5-2;1-3-2;1-2/h6-8H,1H2,2-5H3;6-7,9-10H,5,8H2,1-4H3;3-9H,2H2,1H3;6-8H,2,5H2,1,3-4H3;4,6,8H,5,7H2,1-3H3;3H2,1-2H3;1-2H3/b12-11-;7-6-,11-9-;;7-6-,10-8+;;;. The molecule has 0 radical (unpaired) electrons. The Hall–Kier alpha value is -4.37. The summed E-state index contributed by atoms with van der Waals surface area (Å²) in [4.78, 5) is 0. The zero-order valence-corrected chi connectivity index (χ0v) is 44.5. The average molecular weight is 885 g/mol. The van der Waals surface area contributed by atoms with Crippen molar-refractivity contribution in [1.29, 1.82) is 0 Å². The molecule has 0 aliphatic carbocycles. The second-order valence-electron chi connectivity index (χ2n) is 16.6. The van der Waals surface area contributed by atoms with Crippen LogP contribution in [0.2, 0.25) is 0 Å². The summed E-state index contributed by atoms with van der Waals surface area (Å²) in [6, 6.07) is 20.3. The van der Waals surface area contributed by atoms with Gasteiger partial charge in [-0.15, -0.1) is 0 Å². The number of allylic oxidation sites excluding steroid dienone is 14. The van der Waals surface area contributed by atoms with Crippen LogP contribution in [0.15, 0.2) is 150 Å². The molecule has 0 fully saturated rings. The number of fused-ring (bicyclic) bond motifs is 1. The molecule has 0 nitrogen and oxygen atoms in total. The van der Waals surface area contributed by atoms with Gasteiger partial charge in [-0.1, -0.05) is 222 Å². The van der Waals surface area contributed by atoms with E-state index in [4.69, 9.17) is 0 Å². The maximum Gasteiger partial charge on any atom is 0.248 e. The Bertz CT molecular complexity index is 1850. The largest absolute Gasteiger partial charge is 0.248 e. The molecule has 0 aromatic heterocycles. The van der Waals surface area contributed by atoms with E-state index in [0.717, 1.165) is 60.0 Å². The quantitative estimate of drug-likeness (QED) is 0.112. The van der Waals surface area contributed by atoms with Crippen LogP contribution in [0.1, 0.15) is 180 Å². The highest BCUT2D eigenvalue weighted by molar-refractivity contribution is 5.83. The minimum Gasteiger partial charge on any atom is -0.207 e. The van der Waals surface area contributed by atoms with Gasteiger partial charge < -0.3 is 0 Å². The monoisotopic (exact) mass is 885 g/mol. The molecule has 3 aromatic carbocycles. The maximum atomic E-state index is 13.1. The van der Waals surface area contributed by atoms with E-state index in [2.05, 4.69) is 149 Å². The molecule has 0 heterocycles. The van der Waals surface area contributed by atoms with Gasteiger partial charge in [-0.25, -0.2) is 13.2 Å². The first kappa shape index (κ1) is 66.2. The predicted octanol–water partition coefficient (Wildman–Crippen LogP) is 21.4. The highest BCUT2D eigenvalue weighted by Crippen LogP contribution is 2.24. The molecular weight excluding hydrogens is 790 g/mol. The fraction of sp³-hybridized carbons (Fsp3) is 0.475. The highest BCUT2D eigenvalue weighted by atomic mass is 19.3. The summed E-state index contributed by atoms with van der Waals surface area (Å²) in [7, 11) is 0. The lowest BCUT2D eigenvalue weighted by Crippen LogP contribution is -2.06. The van der Waals surface area contributed by atoms with Gasteiger partial charge in [-0.3, -0.25) is 0 Å². The third kappa shape index (κ3) is 38.1. The van der Waals surface area contributed by atoms with Crippen LogP contribution in [0.4, 0.5) is 13.2 Å². The number of alkyl halides is 2. The van der Waals surface area contributed by atoms with Gasteiger partial charge in [-0.05, 0) is 144 Å². The van der Waals surface area contributed by atoms with Crippen molar-refractivity contribution < 1.29 is 13.2 Å². The molecule has 3 rings (SSSR count). The molecule has 1 atom stereocenters. The first-order chi connectivity index (χ1) is 30.1. The molecular formula is C61H95F3. The molecule has 0 amide bonds. The number of halogens is 3. The first-order valence-corrected chi connectivity index (χ1v) is 24.0. The lowest BCUT2D eigenvalue weighted by Gasteiger charge is -2.09. The highest BCUT2D eigenvalue weighted by Gasteiger charge is 2.17. The van der Waals surface area contributed by atoms with E-state index >= 15 is 0 Å². The summed E-state index contributed by atoms with van der Waals surface area (Å²) in [5.41, 5.74) is 10.2. The Morgan fingerprint density at radius 3 is 1.80 bits per heavy atom. The van der Waals surface area contributed by atoms with E-state index in [0.29, 0.717) is 11.5 Å². The molecule has 0 spiro atoms. The maximum absolute atomic E-state index is 13.1. The summed E-state index contributed by atoms with van der Waals surface area (Å²) >= 11 is 0. The molecule has 3 aromatic rings. The summed E-state index contributed by atoms with van der Waals surface area (Å²) < 4.78 is 38.0. The van der Waals surface area contributed by atoms with E-state index in [9.17, 15) is 13.2 Å². The molecule has 0 N–H and O–H groups in total. The van der Waals surface area contributed by atoms with E-state index in [1.54, 1.807) is 19.1 Å². The topological polar surface area (TPSA) is 0 Å². The van der Waals surface area contributed by atoms with Crippen LogP contribution in [-0.2, 0) is 6.42 Å². The summed E-state index contributed by atoms with van der Waals surface area (Å²) in [6.45, 7) is 45.9. The van der Waals surface area contributed by atoms with E-state index in [1.807, 2.05) is 72.8 Å². The normalized spacial score (nSPS) is 12.2. The van der Waals surface area contributed by atoms with Crippen LogP contribution in [0.25, 0.3) is 16.3 Å². The zero-order chi connectivity index (χ0) is 50.3. The average Bonchev–Trinajstić information content (AvgIpc) is 3.24. The van der Waals surface area contributed by atoms with Crippen molar-refractivity contribution in [2.24, 2.45) is 11.8 Å². The first-order valence-electron chi connectivity index (χ1n) is 24.0. The van der Waals surface area contributed by atoms with Gasteiger partial charge in [0.15, 0.2) is 0 Å². The number of aryl methyl sites for hydroxylation is 2. The molecule has 1 unspecified atom stereocenters. The minimum absolute atomic E-state index is 0.153. The van der Waals surface area contributed by atoms with Crippen molar-refractivity contribution in [3.63, 3.8) is 0 Å². The minimum atomic E-state index is -2.59. The fourth-order valence-corrected chi connectivity index (χ4v) is 5.38. The Labute approximate surface area is 395 Å². The second kappa shape index (κ2) is 41.3. The van der Waals surface area contributed by atoms with Crippen molar-refractivity contribution in [3.05, 3.63) is 173 Å². The van der Waals surface area contributed by atoms with E-state index in [-0.39, 0.29) is 12.2 Å². The summed E-state index contributed by atoms with van der Waals surface area (Å²) in [5.74, 6) is -1.49. The smallest absolute Gasteiger partial charge is 0.207 e. The van der Waals surface area contributed by atoms with Crippen LogP contribution in [0.5, 0.6) is 0 Å². The lowest BCUT2D eigenvalue weighted by molar-refractivity contribution is 0.0255. The molecule has 0 bridgehead atoms. The van der Waals surface area contributed by atoms with Crippen molar-refractivity contribution in [3.8, 4) is 0 Å². The Morgan fingerprint density at radius 2 is 1.36 bits per heavy atom. The molecule has 360 valence electrons. The van der Waals surface area contributed by atoms with Gasteiger partial charge >= 0.3 is 0 Å². The van der Waals surface area contributed by atoms with Crippen LogP contribution < -0.4 is 0 Å². The number of hydrogen-bond donors (Lipinski definition) is 0. The van der Waals surface area contributed by atoms with Crippen molar-refractivity contribution in [2.75, 3.05) is 0 Å². The zero-order valence-electron chi connectivity index (χ0n) is 44.5. The molecule has 0 aliphatic rings. The molecule has 0 saturated carbocycles. The molecule has 0 aliphatic heterocycles. The van der Waals surface area contributed by atoms with E-state index < -0.39 is 5.92 Å². The predicted molar refractivity (Wildman–Crippen MR) is 289 cm³/mol. The van der Waals surface area contributed by atoms with E-state index in [1.165, 1.54) is 52.8 Å². The van der Waals surface area contributed by atoms with Gasteiger partial charge in [0.05, 0.1) is 0 Å². The van der Waals surface area contributed by atoms with Crippen molar-refractivity contribution >= 4 is 16.3 Å². The molecule has 3 heteroatoms. The van der Waals surface area contributed by atoms with Gasteiger partial charge in [0.2, 0.25) is 5.92 Å². The van der Waals surface area contributed by atoms with Gasteiger partial charge in [-0.2, -0.15) is 0 Å². The van der Waals surface area contributed by atoms with Crippen molar-refractivity contribution in [2.45, 2.75) is 182 Å². The van der Waals surface area contributed by atoms with Crippen LogP contribution in [-0.4, -0.2) is 5.92 Å². The van der Waals surface area contributed by atoms with Crippen LogP contribution >= 0.6 is 0 Å². The summed E-state index contributed by atoms with van der Waals surface area (Å²) in [6.07, 6.45) is 22.8. The Kier molecular flexibility index (Phi) is 42.8. The second-order valence-corrected chi connectivity index (χ2v) is 16.6. The van der Waals surface area contributed by atoms with Gasteiger partial charge in [0.1, 0.15) is 5.82 Å².